The maximum absolute atomic E-state index is 14.1. The summed E-state index contributed by atoms with van der Waals surface area (Å²) in [5.74, 6) is -5.38. The molecule has 12 heterocycles. The van der Waals surface area contributed by atoms with Gasteiger partial charge in [-0.1, -0.05) is 0 Å². The second-order valence-corrected chi connectivity index (χ2v) is 29.4. The molecule has 5 unspecified atom stereocenters. The minimum atomic E-state index is -4.84. The average molecular weight is 1760 g/mol. The van der Waals surface area contributed by atoms with Crippen molar-refractivity contribution in [2.75, 3.05) is 78.3 Å². The first kappa shape index (κ1) is 93.9. The number of hydrogen-bond donors (Lipinski definition) is 3. The molecule has 5 fully saturated rings. The van der Waals surface area contributed by atoms with Gasteiger partial charge in [0.25, 0.3) is 5.69 Å². The van der Waals surface area contributed by atoms with Crippen LogP contribution < -0.4 is 24.7 Å². The lowest BCUT2D eigenvalue weighted by molar-refractivity contribution is -0.385. The number of aliphatic hydroxyl groups is 2. The van der Waals surface area contributed by atoms with Crippen LogP contribution in [-0.2, 0) is 36.7 Å². The SMILES string of the molecule is Brc1ncccn1.CC(C)(C)OC(=O)N1CCC(O)C1.CC(C)(C)OC(=O)N1CCC(Oc2ncccn2)C1.CO.Nc1ccc(-c2ccc(F)cc2F)nc1CC(=O)N1CCC(Oc2ncccn2)C1.O=C(Cc1nc(-c2ccc(F)cc2F)ccc1[N+](=O)[O-])N1CCC(Oc2ncccn2)C1.O=C(N1CCC(Oc2ncccn2)C1)C(F)(F)F. The number of likely N-dealkylation sites (tertiary alicyclic amines) is 5. The van der Waals surface area contributed by atoms with Gasteiger partial charge in [-0.3, -0.25) is 29.5 Å². The molecular weight excluding hydrogens is 1670 g/mol. The number of carbonyl (C=O) groups excluding carboxylic acids is 5. The second-order valence-electron chi connectivity index (χ2n) is 28.7. The van der Waals surface area contributed by atoms with E-state index in [2.05, 4.69) is 75.7 Å². The molecule has 14 rings (SSSR count). The summed E-state index contributed by atoms with van der Waals surface area (Å²) in [6.07, 6.45) is 11.5. The van der Waals surface area contributed by atoms with Gasteiger partial charge < -0.3 is 68.9 Å². The molecule has 9 aromatic rings. The fourth-order valence-corrected chi connectivity index (χ4v) is 12.0. The lowest BCUT2D eigenvalue weighted by Gasteiger charge is -2.24. The van der Waals surface area contributed by atoms with Gasteiger partial charge in [0.1, 0.15) is 64.6 Å². The number of anilines is 1. The van der Waals surface area contributed by atoms with Gasteiger partial charge >= 0.3 is 48.3 Å². The summed E-state index contributed by atoms with van der Waals surface area (Å²) in [5, 5.41) is 27.6. The van der Waals surface area contributed by atoms with Crippen LogP contribution in [0.5, 0.6) is 24.0 Å². The summed E-state index contributed by atoms with van der Waals surface area (Å²) in [5.41, 5.74) is 5.75. The van der Waals surface area contributed by atoms with E-state index in [1.54, 1.807) is 102 Å². The lowest BCUT2D eigenvalue weighted by atomic mass is 10.1. The molecule has 0 spiro atoms. The van der Waals surface area contributed by atoms with Crippen LogP contribution in [0.25, 0.3) is 22.5 Å². The van der Waals surface area contributed by atoms with E-state index in [4.69, 9.17) is 39.3 Å². The number of β-amino-alcohol motifs (C(OH)–C–C–N with tert-alkyl or cyclic N) is 1. The van der Waals surface area contributed by atoms with E-state index < -0.39 is 57.6 Å². The van der Waals surface area contributed by atoms with E-state index in [1.165, 1.54) is 40.4 Å². The molecule has 646 valence electrons. The Labute approximate surface area is 698 Å². The molecule has 5 aliphatic rings. The van der Waals surface area contributed by atoms with Crippen LogP contribution in [0.4, 0.5) is 51.7 Å². The number of ether oxygens (including phenoxy) is 6. The molecule has 4 N–H and O–H groups in total. The van der Waals surface area contributed by atoms with Crippen molar-refractivity contribution >= 4 is 57.2 Å². The third kappa shape index (κ3) is 30.9. The van der Waals surface area contributed by atoms with E-state index in [0.29, 0.717) is 99.7 Å². The Morgan fingerprint density at radius 2 is 0.810 bits per heavy atom. The molecule has 34 nitrogen and oxygen atoms in total. The predicted molar refractivity (Wildman–Crippen MR) is 422 cm³/mol. The highest BCUT2D eigenvalue weighted by molar-refractivity contribution is 9.10. The van der Waals surface area contributed by atoms with Crippen molar-refractivity contribution in [2.45, 2.75) is 134 Å². The van der Waals surface area contributed by atoms with Gasteiger partial charge in [-0.05, 0) is 137 Å². The van der Waals surface area contributed by atoms with Crippen LogP contribution in [0.15, 0.2) is 158 Å². The number of nitrogens with zero attached hydrogens (tertiary/aromatic N) is 18. The van der Waals surface area contributed by atoms with Crippen molar-refractivity contribution in [3.63, 3.8) is 0 Å². The number of amides is 5. The van der Waals surface area contributed by atoms with Crippen molar-refractivity contribution in [2.24, 2.45) is 0 Å². The zero-order valence-corrected chi connectivity index (χ0v) is 68.3. The monoisotopic (exact) mass is 1760 g/mol. The molecule has 2 aromatic carbocycles. The van der Waals surface area contributed by atoms with Crippen LogP contribution >= 0.6 is 15.9 Å². The number of nitro groups is 1. The van der Waals surface area contributed by atoms with Crippen molar-refractivity contribution in [1.82, 2.24) is 84.3 Å². The molecule has 5 atom stereocenters. The largest absolute Gasteiger partial charge is 0.471 e. The predicted octanol–water partition coefficient (Wildman–Crippen LogP) is 10.3. The van der Waals surface area contributed by atoms with E-state index in [9.17, 15) is 69.9 Å². The molecule has 5 saturated heterocycles. The topological polar surface area (TPSA) is 421 Å². The zero-order valence-electron chi connectivity index (χ0n) is 66.7. The third-order valence-electron chi connectivity index (χ3n) is 17.3. The first-order valence-corrected chi connectivity index (χ1v) is 38.4. The molecular formula is C79H89BrF7N19O15. The number of carbonyl (C=O) groups is 5. The maximum atomic E-state index is 14.1. The average Bonchev–Trinajstić information content (AvgIpc) is 1.51. The summed E-state index contributed by atoms with van der Waals surface area (Å²) in [6.45, 7) is 14.7. The Bertz CT molecular complexity index is 4850. The van der Waals surface area contributed by atoms with Crippen LogP contribution in [0.1, 0.15) is 85.0 Å². The Morgan fingerprint density at radius 3 is 1.16 bits per heavy atom. The van der Waals surface area contributed by atoms with Gasteiger partial charge in [0.2, 0.25) is 11.8 Å². The number of halogens is 8. The number of rotatable bonds is 15. The Balaban J connectivity index is 0.000000189. The first-order chi connectivity index (χ1) is 57.6. The Morgan fingerprint density at radius 1 is 0.479 bits per heavy atom. The molecule has 0 saturated carbocycles. The second kappa shape index (κ2) is 45.0. The van der Waals surface area contributed by atoms with E-state index in [1.807, 2.05) is 41.5 Å². The van der Waals surface area contributed by atoms with Gasteiger partial charge in [0.15, 0.2) is 4.73 Å². The molecule has 0 radical (unpaired) electrons. The van der Waals surface area contributed by atoms with Crippen molar-refractivity contribution < 1.29 is 98.3 Å². The highest BCUT2D eigenvalue weighted by Gasteiger charge is 2.45. The van der Waals surface area contributed by atoms with E-state index in [-0.39, 0.29) is 133 Å². The zero-order chi connectivity index (χ0) is 88.0. The van der Waals surface area contributed by atoms with Crippen molar-refractivity contribution in [3.8, 4) is 46.6 Å². The number of aromatic nitrogens is 12. The van der Waals surface area contributed by atoms with Crippen molar-refractivity contribution in [3.05, 3.63) is 202 Å². The summed E-state index contributed by atoms with van der Waals surface area (Å²) in [6, 6.07) is 21.1. The summed E-state index contributed by atoms with van der Waals surface area (Å²) in [4.78, 5) is 125. The van der Waals surface area contributed by atoms with Crippen LogP contribution in [0.3, 0.4) is 0 Å². The summed E-state index contributed by atoms with van der Waals surface area (Å²) in [7, 11) is 1.00. The molecule has 42 heteroatoms. The fraction of sp³-hybridized carbons (Fsp3) is 0.405. The number of aliphatic hydroxyl groups excluding tert-OH is 2. The van der Waals surface area contributed by atoms with Gasteiger partial charge in [-0.2, -0.15) is 13.2 Å². The van der Waals surface area contributed by atoms with Crippen molar-refractivity contribution in [1.29, 1.82) is 0 Å². The molecule has 5 aliphatic heterocycles. The molecule has 7 aromatic heterocycles. The van der Waals surface area contributed by atoms with Gasteiger partial charge in [-0.25, -0.2) is 82.0 Å². The lowest BCUT2D eigenvalue weighted by Crippen LogP contribution is -2.40. The molecule has 0 bridgehead atoms. The quantitative estimate of drug-likeness (QED) is 0.0371. The number of benzene rings is 2. The van der Waals surface area contributed by atoms with Crippen LogP contribution in [0, 0.1) is 33.4 Å². The third-order valence-corrected chi connectivity index (χ3v) is 17.7. The molecule has 5 amide bonds. The molecule has 121 heavy (non-hydrogen) atoms. The minimum absolute atomic E-state index is 0.0208. The van der Waals surface area contributed by atoms with Crippen LogP contribution in [0.2, 0.25) is 0 Å². The highest BCUT2D eigenvalue weighted by Crippen LogP contribution is 2.30. The Hall–Kier alpha value is -12.6. The summed E-state index contributed by atoms with van der Waals surface area (Å²) < 4.78 is 125. The van der Waals surface area contributed by atoms with Gasteiger partial charge in [-0.15, -0.1) is 0 Å². The number of pyridine rings is 2. The normalized spacial score (nSPS) is 17.1. The smallest absolute Gasteiger partial charge is 0.458 e. The highest BCUT2D eigenvalue weighted by atomic mass is 79.9. The first-order valence-electron chi connectivity index (χ1n) is 37.6. The number of nitrogen functional groups attached to an aromatic ring is 1. The standard InChI is InChI=1S/C21H17F2N5O4.C21H19F2N5O2.C13H19N3O3.C10H10F3N3O2.C9H17NO3.C4H3BrN2.CH4O/c22-13-2-3-15(16(23)10-13)17-4-5-19(28(30)31)18(26-17)11-20(29)27-9-6-14(12-27)32-21-24-7-1-8-25-21;22-13-2-3-15(16(23)10-13)18-5-4-17(24)19(27-18)11-20(29)28-9-6-14(12-28)30-21-25-7-1-8-26-21;1-13(2,3)19-12(17)16-8-5-10(9-16)18-11-14-6-4-7-15-11;11-10(12,13)8(17)16-5-2-7(6-16)18-9-14-3-1-4-15-9;1-9(2,3)13-8(12)10-5-4-7(11)6-10;5-4-6-2-1-3-7-4;1-2/h1-5,7-8,10,14H,6,9,11-12H2;1-5,7-8,10,14H,6,9,11-12,24H2;4,6-7,10H,5,8-9H2,1-3H3;1,3-4,7H,2,5-6H2;7,11H,4-6H2,1-3H3;1-3H;2H,1H3. The number of hydrogen-bond acceptors (Lipinski definition) is 28. The Kier molecular flexibility index (Phi) is 34.9. The van der Waals surface area contributed by atoms with E-state index >= 15 is 0 Å². The minimum Gasteiger partial charge on any atom is -0.458 e. The number of nitrogens with two attached hydrogens (primary N) is 1. The fourth-order valence-electron chi connectivity index (χ4n) is 11.8. The van der Waals surface area contributed by atoms with Crippen LogP contribution in [-0.4, -0.2) is 250 Å². The van der Waals surface area contributed by atoms with Gasteiger partial charge in [0.05, 0.1) is 72.8 Å². The maximum Gasteiger partial charge on any atom is 0.471 e. The van der Waals surface area contributed by atoms with E-state index in [0.717, 1.165) is 42.7 Å². The van der Waals surface area contributed by atoms with Gasteiger partial charge in [0, 0.05) is 163 Å². The molecule has 0 aliphatic carbocycles. The summed E-state index contributed by atoms with van der Waals surface area (Å²) >= 11 is 3.09. The number of alkyl halides is 3.